The lowest BCUT2D eigenvalue weighted by Crippen LogP contribution is -1.97. The van der Waals surface area contributed by atoms with Gasteiger partial charge in [-0.1, -0.05) is 11.6 Å². The fourth-order valence-electron chi connectivity index (χ4n) is 1.40. The van der Waals surface area contributed by atoms with Crippen LogP contribution in [-0.2, 0) is 11.4 Å². The molecule has 0 radical (unpaired) electrons. The Bertz CT molecular complexity index is 420. The first-order chi connectivity index (χ1) is 6.31. The highest BCUT2D eigenvalue weighted by atomic mass is 16.6. The third kappa shape index (κ3) is 1.43. The number of benzene rings is 1. The van der Waals surface area contributed by atoms with Crippen molar-refractivity contribution in [3.05, 3.63) is 35.6 Å². The minimum atomic E-state index is 0.385. The predicted molar refractivity (Wildman–Crippen MR) is 49.9 cm³/mol. The zero-order valence-corrected chi connectivity index (χ0v) is 7.41. The van der Waals surface area contributed by atoms with Crippen molar-refractivity contribution in [1.29, 1.82) is 0 Å². The standard InChI is InChI=1S/C10H11NO2/c1-7-2-3-10-9(4-7)8(5-12-10)6-13-11/h2-5H,6,11H2,1H3. The second-order valence-corrected chi connectivity index (χ2v) is 3.07. The van der Waals surface area contributed by atoms with E-state index in [1.54, 1.807) is 6.26 Å². The van der Waals surface area contributed by atoms with Crippen LogP contribution < -0.4 is 5.90 Å². The molecule has 0 atom stereocenters. The Morgan fingerprint density at radius 3 is 3.08 bits per heavy atom. The van der Waals surface area contributed by atoms with E-state index in [-0.39, 0.29) is 0 Å². The van der Waals surface area contributed by atoms with Crippen LogP contribution in [0.1, 0.15) is 11.1 Å². The van der Waals surface area contributed by atoms with Gasteiger partial charge in [0.15, 0.2) is 0 Å². The van der Waals surface area contributed by atoms with E-state index in [1.807, 2.05) is 19.1 Å². The van der Waals surface area contributed by atoms with Crippen LogP contribution in [0.5, 0.6) is 0 Å². The number of hydrogen-bond donors (Lipinski definition) is 1. The molecular formula is C10H11NO2. The summed E-state index contributed by atoms with van der Waals surface area (Å²) >= 11 is 0. The summed E-state index contributed by atoms with van der Waals surface area (Å²) in [5.74, 6) is 5.01. The van der Waals surface area contributed by atoms with Crippen molar-refractivity contribution in [3.8, 4) is 0 Å². The maximum absolute atomic E-state index is 5.32. The SMILES string of the molecule is Cc1ccc2occ(CON)c2c1. The number of rotatable bonds is 2. The highest BCUT2D eigenvalue weighted by Gasteiger charge is 2.04. The van der Waals surface area contributed by atoms with Crippen LogP contribution in [0.4, 0.5) is 0 Å². The Labute approximate surface area is 76.0 Å². The van der Waals surface area contributed by atoms with Crippen LogP contribution in [0.15, 0.2) is 28.9 Å². The lowest BCUT2D eigenvalue weighted by molar-refractivity contribution is 0.124. The van der Waals surface area contributed by atoms with Crippen LogP contribution in [-0.4, -0.2) is 0 Å². The lowest BCUT2D eigenvalue weighted by atomic mass is 10.1. The first kappa shape index (κ1) is 8.29. The second kappa shape index (κ2) is 3.20. The number of aryl methyl sites for hydroxylation is 1. The topological polar surface area (TPSA) is 48.4 Å². The Morgan fingerprint density at radius 1 is 1.46 bits per heavy atom. The maximum Gasteiger partial charge on any atom is 0.134 e. The van der Waals surface area contributed by atoms with E-state index in [0.29, 0.717) is 6.61 Å². The molecule has 68 valence electrons. The van der Waals surface area contributed by atoms with Gasteiger partial charge in [0.25, 0.3) is 0 Å². The van der Waals surface area contributed by atoms with Crippen molar-refractivity contribution in [2.75, 3.05) is 0 Å². The minimum Gasteiger partial charge on any atom is -0.464 e. The van der Waals surface area contributed by atoms with Gasteiger partial charge in [-0.15, -0.1) is 0 Å². The minimum absolute atomic E-state index is 0.385. The molecule has 0 saturated heterocycles. The summed E-state index contributed by atoms with van der Waals surface area (Å²) in [6.07, 6.45) is 1.68. The fraction of sp³-hybridized carbons (Fsp3) is 0.200. The monoisotopic (exact) mass is 177 g/mol. The van der Waals surface area contributed by atoms with E-state index in [4.69, 9.17) is 10.3 Å². The normalized spacial score (nSPS) is 10.9. The third-order valence-corrected chi connectivity index (χ3v) is 2.05. The Balaban J connectivity index is 2.58. The summed E-state index contributed by atoms with van der Waals surface area (Å²) in [5, 5.41) is 1.07. The highest BCUT2D eigenvalue weighted by molar-refractivity contribution is 5.81. The molecule has 0 aliphatic carbocycles. The second-order valence-electron chi connectivity index (χ2n) is 3.07. The number of furan rings is 1. The third-order valence-electron chi connectivity index (χ3n) is 2.05. The van der Waals surface area contributed by atoms with E-state index in [2.05, 4.69) is 10.9 Å². The number of fused-ring (bicyclic) bond motifs is 1. The van der Waals surface area contributed by atoms with Crippen LogP contribution in [0.3, 0.4) is 0 Å². The maximum atomic E-state index is 5.32. The summed E-state index contributed by atoms with van der Waals surface area (Å²) in [7, 11) is 0. The molecule has 0 unspecified atom stereocenters. The molecule has 0 saturated carbocycles. The molecule has 13 heavy (non-hydrogen) atoms. The van der Waals surface area contributed by atoms with Crippen LogP contribution >= 0.6 is 0 Å². The molecule has 0 fully saturated rings. The van der Waals surface area contributed by atoms with Crippen molar-refractivity contribution in [1.82, 2.24) is 0 Å². The average Bonchev–Trinajstić information content (AvgIpc) is 2.49. The van der Waals surface area contributed by atoms with Gasteiger partial charge in [0.1, 0.15) is 5.58 Å². The first-order valence-electron chi connectivity index (χ1n) is 4.09. The molecule has 2 rings (SSSR count). The smallest absolute Gasteiger partial charge is 0.134 e. The van der Waals surface area contributed by atoms with E-state index in [1.165, 1.54) is 5.56 Å². The van der Waals surface area contributed by atoms with Crippen molar-refractivity contribution < 1.29 is 9.25 Å². The summed E-state index contributed by atoms with van der Waals surface area (Å²) in [5.41, 5.74) is 3.06. The van der Waals surface area contributed by atoms with Crippen molar-refractivity contribution in [2.45, 2.75) is 13.5 Å². The summed E-state index contributed by atoms with van der Waals surface area (Å²) < 4.78 is 5.32. The molecule has 1 aromatic heterocycles. The van der Waals surface area contributed by atoms with Gasteiger partial charge in [-0.25, -0.2) is 5.90 Å². The molecule has 3 heteroatoms. The molecule has 0 aliphatic rings. The molecular weight excluding hydrogens is 166 g/mol. The van der Waals surface area contributed by atoms with Gasteiger partial charge in [-0.3, -0.25) is 4.84 Å². The highest BCUT2D eigenvalue weighted by Crippen LogP contribution is 2.22. The van der Waals surface area contributed by atoms with Gasteiger partial charge < -0.3 is 4.42 Å². The van der Waals surface area contributed by atoms with Gasteiger partial charge in [-0.2, -0.15) is 0 Å². The molecule has 1 heterocycles. The molecule has 0 spiro atoms. The molecule has 0 amide bonds. The molecule has 3 nitrogen and oxygen atoms in total. The van der Waals surface area contributed by atoms with E-state index in [0.717, 1.165) is 16.5 Å². The molecule has 0 aliphatic heterocycles. The average molecular weight is 177 g/mol. The largest absolute Gasteiger partial charge is 0.464 e. The molecule has 2 N–H and O–H groups in total. The zero-order chi connectivity index (χ0) is 9.26. The van der Waals surface area contributed by atoms with Crippen LogP contribution in [0, 0.1) is 6.92 Å². The molecule has 1 aromatic carbocycles. The van der Waals surface area contributed by atoms with Crippen molar-refractivity contribution >= 4 is 11.0 Å². The fourth-order valence-corrected chi connectivity index (χ4v) is 1.40. The first-order valence-corrected chi connectivity index (χ1v) is 4.09. The van der Waals surface area contributed by atoms with Crippen molar-refractivity contribution in [3.63, 3.8) is 0 Å². The van der Waals surface area contributed by atoms with E-state index >= 15 is 0 Å². The van der Waals surface area contributed by atoms with Gasteiger partial charge in [0, 0.05) is 10.9 Å². The van der Waals surface area contributed by atoms with Crippen molar-refractivity contribution in [2.24, 2.45) is 5.90 Å². The molecule has 2 aromatic rings. The summed E-state index contributed by atoms with van der Waals surface area (Å²) in [6.45, 7) is 2.43. The predicted octanol–water partition coefficient (Wildman–Crippen LogP) is 2.13. The van der Waals surface area contributed by atoms with Gasteiger partial charge in [-0.05, 0) is 19.1 Å². The molecule has 0 bridgehead atoms. The van der Waals surface area contributed by atoms with Gasteiger partial charge in [0.05, 0.1) is 12.9 Å². The Kier molecular flexibility index (Phi) is 2.04. The summed E-state index contributed by atoms with van der Waals surface area (Å²) in [6, 6.07) is 6.02. The van der Waals surface area contributed by atoms with Crippen LogP contribution in [0.2, 0.25) is 0 Å². The van der Waals surface area contributed by atoms with E-state index < -0.39 is 0 Å². The Hall–Kier alpha value is -1.32. The van der Waals surface area contributed by atoms with Gasteiger partial charge in [0.2, 0.25) is 0 Å². The number of hydrogen-bond acceptors (Lipinski definition) is 3. The van der Waals surface area contributed by atoms with Crippen LogP contribution in [0.25, 0.3) is 11.0 Å². The lowest BCUT2D eigenvalue weighted by Gasteiger charge is -1.95. The zero-order valence-electron chi connectivity index (χ0n) is 7.41. The number of nitrogens with two attached hydrogens (primary N) is 1. The Morgan fingerprint density at radius 2 is 2.31 bits per heavy atom. The summed E-state index contributed by atoms with van der Waals surface area (Å²) in [4.78, 5) is 4.57. The van der Waals surface area contributed by atoms with Gasteiger partial charge >= 0.3 is 0 Å². The quantitative estimate of drug-likeness (QED) is 0.715. The van der Waals surface area contributed by atoms with E-state index in [9.17, 15) is 0 Å².